The molecule has 2 atom stereocenters. The summed E-state index contributed by atoms with van der Waals surface area (Å²) in [7, 11) is 0. The first-order chi connectivity index (χ1) is 6.02. The van der Waals surface area contributed by atoms with Crippen molar-refractivity contribution in [3.63, 3.8) is 0 Å². The molecule has 0 bridgehead atoms. The number of carbonyl (C=O) groups is 1. The van der Waals surface area contributed by atoms with Gasteiger partial charge < -0.3 is 10.4 Å². The van der Waals surface area contributed by atoms with Crippen LogP contribution in [-0.2, 0) is 4.79 Å². The highest BCUT2D eigenvalue weighted by molar-refractivity contribution is 5.81. The maximum absolute atomic E-state index is 11.3. The van der Waals surface area contributed by atoms with Gasteiger partial charge in [0.2, 0.25) is 5.91 Å². The van der Waals surface area contributed by atoms with E-state index >= 15 is 0 Å². The van der Waals surface area contributed by atoms with Gasteiger partial charge in [-0.05, 0) is 12.8 Å². The van der Waals surface area contributed by atoms with Gasteiger partial charge in [-0.25, -0.2) is 0 Å². The number of rotatable bonds is 4. The lowest BCUT2D eigenvalue weighted by Gasteiger charge is -2.16. The van der Waals surface area contributed by atoms with Crippen LogP contribution in [-0.4, -0.2) is 23.7 Å². The van der Waals surface area contributed by atoms with Crippen LogP contribution in [0.4, 0.5) is 0 Å². The Bertz CT molecular complexity index is 208. The number of hydrogen-bond acceptors (Lipinski definition) is 3. The fourth-order valence-electron chi connectivity index (χ4n) is 0.889. The Morgan fingerprint density at radius 2 is 2.08 bits per heavy atom. The lowest BCUT2D eigenvalue weighted by molar-refractivity contribution is -0.125. The second-order valence-electron chi connectivity index (χ2n) is 3.44. The molecule has 0 aliphatic heterocycles. The predicted octanol–water partition coefficient (Wildman–Crippen LogP) is 0.279. The second-order valence-corrected chi connectivity index (χ2v) is 3.44. The van der Waals surface area contributed by atoms with E-state index in [-0.39, 0.29) is 24.5 Å². The Hall–Kier alpha value is -1.08. The summed E-state index contributed by atoms with van der Waals surface area (Å²) in [6, 6.07) is 1.65. The first-order valence-corrected chi connectivity index (χ1v) is 4.33. The van der Waals surface area contributed by atoms with Gasteiger partial charge in [-0.3, -0.25) is 4.79 Å². The first kappa shape index (κ1) is 11.9. The van der Waals surface area contributed by atoms with Gasteiger partial charge in [-0.2, -0.15) is 5.26 Å². The van der Waals surface area contributed by atoms with E-state index in [0.29, 0.717) is 0 Å². The largest absolute Gasteiger partial charge is 0.394 e. The molecule has 0 aromatic rings. The van der Waals surface area contributed by atoms with Gasteiger partial charge in [0.05, 0.1) is 12.7 Å². The minimum absolute atomic E-state index is 0.00380. The number of nitriles is 1. The van der Waals surface area contributed by atoms with E-state index in [1.807, 2.05) is 19.9 Å². The summed E-state index contributed by atoms with van der Waals surface area (Å²) < 4.78 is 0. The van der Waals surface area contributed by atoms with Crippen LogP contribution in [0.1, 0.15) is 20.8 Å². The summed E-state index contributed by atoms with van der Waals surface area (Å²) >= 11 is 0. The molecule has 0 aromatic heterocycles. The number of amides is 1. The van der Waals surface area contributed by atoms with Gasteiger partial charge >= 0.3 is 0 Å². The summed E-state index contributed by atoms with van der Waals surface area (Å²) in [5.41, 5.74) is 0. The van der Waals surface area contributed by atoms with Gasteiger partial charge in [0, 0.05) is 6.04 Å². The molecule has 1 unspecified atom stereocenters. The molecule has 0 heterocycles. The van der Waals surface area contributed by atoms with Gasteiger partial charge in [0.15, 0.2) is 0 Å². The fraction of sp³-hybridized carbons (Fsp3) is 0.778. The van der Waals surface area contributed by atoms with Gasteiger partial charge in [-0.15, -0.1) is 0 Å². The van der Waals surface area contributed by atoms with E-state index in [0.717, 1.165) is 0 Å². The summed E-state index contributed by atoms with van der Waals surface area (Å²) in [5.74, 6) is -0.941. The third-order valence-corrected chi connectivity index (χ3v) is 1.75. The second kappa shape index (κ2) is 5.55. The highest BCUT2D eigenvalue weighted by Gasteiger charge is 2.22. The van der Waals surface area contributed by atoms with Crippen LogP contribution in [0.25, 0.3) is 0 Å². The third kappa shape index (κ3) is 3.90. The standard InChI is InChI=1S/C9H16N2O2/c1-6(2)8(4-10)9(13)11-7(3)5-12/h6-8,12H,5H2,1-3H3,(H,11,13)/t7-,8?/m1/s1. The SMILES string of the molecule is CC(C)C(C#N)C(=O)N[C@H](C)CO. The average Bonchev–Trinajstić information content (AvgIpc) is 2.04. The molecule has 0 saturated carbocycles. The smallest absolute Gasteiger partial charge is 0.237 e. The van der Waals surface area contributed by atoms with E-state index in [9.17, 15) is 4.79 Å². The highest BCUT2D eigenvalue weighted by atomic mass is 16.3. The molecule has 0 aromatic carbocycles. The molecule has 4 heteroatoms. The molecule has 0 radical (unpaired) electrons. The van der Waals surface area contributed by atoms with Crippen molar-refractivity contribution < 1.29 is 9.90 Å². The minimum atomic E-state index is -0.631. The van der Waals surface area contributed by atoms with Crippen LogP contribution in [0.2, 0.25) is 0 Å². The molecule has 0 saturated heterocycles. The number of aliphatic hydroxyl groups excluding tert-OH is 1. The van der Waals surface area contributed by atoms with E-state index in [2.05, 4.69) is 5.32 Å². The molecule has 0 fully saturated rings. The molecule has 0 rings (SSSR count). The maximum Gasteiger partial charge on any atom is 0.237 e. The summed E-state index contributed by atoms with van der Waals surface area (Å²) in [6.07, 6.45) is 0. The Kier molecular flexibility index (Phi) is 5.09. The maximum atomic E-state index is 11.3. The van der Waals surface area contributed by atoms with Crippen LogP contribution in [0.5, 0.6) is 0 Å². The molecule has 0 aliphatic rings. The van der Waals surface area contributed by atoms with Crippen molar-refractivity contribution in [2.24, 2.45) is 11.8 Å². The number of nitrogens with one attached hydrogen (secondary N) is 1. The lowest BCUT2D eigenvalue weighted by atomic mass is 9.96. The van der Waals surface area contributed by atoms with E-state index < -0.39 is 5.92 Å². The Balaban J connectivity index is 4.17. The molecule has 13 heavy (non-hydrogen) atoms. The third-order valence-electron chi connectivity index (χ3n) is 1.75. The number of carbonyl (C=O) groups excluding carboxylic acids is 1. The minimum Gasteiger partial charge on any atom is -0.394 e. The van der Waals surface area contributed by atoms with Crippen molar-refractivity contribution in [3.8, 4) is 6.07 Å². The van der Waals surface area contributed by atoms with Crippen molar-refractivity contribution in [2.45, 2.75) is 26.8 Å². The number of aliphatic hydroxyl groups is 1. The fourth-order valence-corrected chi connectivity index (χ4v) is 0.889. The Morgan fingerprint density at radius 1 is 1.54 bits per heavy atom. The van der Waals surface area contributed by atoms with Crippen LogP contribution in [0, 0.1) is 23.2 Å². The molecule has 0 spiro atoms. The summed E-state index contributed by atoms with van der Waals surface area (Å²) in [6.45, 7) is 5.21. The van der Waals surface area contributed by atoms with Gasteiger partial charge in [0.25, 0.3) is 0 Å². The lowest BCUT2D eigenvalue weighted by Crippen LogP contribution is -2.40. The molecule has 0 aliphatic carbocycles. The monoisotopic (exact) mass is 184 g/mol. The number of nitrogens with zero attached hydrogens (tertiary/aromatic N) is 1. The predicted molar refractivity (Wildman–Crippen MR) is 48.6 cm³/mol. The van der Waals surface area contributed by atoms with E-state index in [1.54, 1.807) is 6.92 Å². The van der Waals surface area contributed by atoms with Gasteiger partial charge in [0.1, 0.15) is 5.92 Å². The van der Waals surface area contributed by atoms with Crippen LogP contribution in [0.3, 0.4) is 0 Å². The van der Waals surface area contributed by atoms with Crippen LogP contribution >= 0.6 is 0 Å². The van der Waals surface area contributed by atoms with Crippen molar-refractivity contribution in [1.29, 1.82) is 5.26 Å². The normalized spacial score (nSPS) is 14.8. The van der Waals surface area contributed by atoms with Crippen LogP contribution < -0.4 is 5.32 Å². The van der Waals surface area contributed by atoms with E-state index in [1.165, 1.54) is 0 Å². The highest BCUT2D eigenvalue weighted by Crippen LogP contribution is 2.09. The zero-order valence-electron chi connectivity index (χ0n) is 8.24. The Morgan fingerprint density at radius 3 is 2.38 bits per heavy atom. The Labute approximate surface area is 78.6 Å². The first-order valence-electron chi connectivity index (χ1n) is 4.33. The summed E-state index contributed by atoms with van der Waals surface area (Å²) in [4.78, 5) is 11.3. The van der Waals surface area contributed by atoms with Crippen molar-refractivity contribution in [1.82, 2.24) is 5.32 Å². The molecule has 2 N–H and O–H groups in total. The van der Waals surface area contributed by atoms with E-state index in [4.69, 9.17) is 10.4 Å². The van der Waals surface area contributed by atoms with Crippen molar-refractivity contribution in [3.05, 3.63) is 0 Å². The molecule has 74 valence electrons. The molecule has 1 amide bonds. The molecule has 4 nitrogen and oxygen atoms in total. The molecular weight excluding hydrogens is 168 g/mol. The zero-order chi connectivity index (χ0) is 10.4. The summed E-state index contributed by atoms with van der Waals surface area (Å²) in [5, 5.41) is 19.9. The van der Waals surface area contributed by atoms with Crippen LogP contribution in [0.15, 0.2) is 0 Å². The topological polar surface area (TPSA) is 73.1 Å². The van der Waals surface area contributed by atoms with Crippen molar-refractivity contribution >= 4 is 5.91 Å². The number of hydrogen-bond donors (Lipinski definition) is 2. The molecular formula is C9H16N2O2. The quantitative estimate of drug-likeness (QED) is 0.659. The average molecular weight is 184 g/mol. The van der Waals surface area contributed by atoms with Gasteiger partial charge in [-0.1, -0.05) is 13.8 Å². The van der Waals surface area contributed by atoms with Crippen molar-refractivity contribution in [2.75, 3.05) is 6.61 Å². The zero-order valence-corrected chi connectivity index (χ0v) is 8.24.